The number of nitrogens with one attached hydrogen (secondary N) is 1. The molecule has 2 heterocycles. The molecule has 5 N–H and O–H groups in total. The summed E-state index contributed by atoms with van der Waals surface area (Å²) in [6.45, 7) is 2.18. The molecule has 2 aromatic heterocycles. The predicted molar refractivity (Wildman–Crippen MR) is 132 cm³/mol. The molecular formula is C24H28N6OS. The van der Waals surface area contributed by atoms with Crippen molar-refractivity contribution < 1.29 is 0 Å². The highest BCUT2D eigenvalue weighted by Crippen LogP contribution is 2.29. The number of thiophene rings is 1. The number of rotatable bonds is 8. The molecule has 0 atom stereocenters. The summed E-state index contributed by atoms with van der Waals surface area (Å²) in [4.78, 5) is 21.1. The van der Waals surface area contributed by atoms with E-state index in [1.165, 1.54) is 11.1 Å². The zero-order valence-electron chi connectivity index (χ0n) is 18.0. The second kappa shape index (κ2) is 10.4. The van der Waals surface area contributed by atoms with E-state index in [4.69, 9.17) is 11.5 Å². The summed E-state index contributed by atoms with van der Waals surface area (Å²) in [5.41, 5.74) is 16.8. The van der Waals surface area contributed by atoms with Crippen LogP contribution in [0.2, 0.25) is 0 Å². The molecule has 1 aliphatic carbocycles. The van der Waals surface area contributed by atoms with Crippen LogP contribution in [-0.2, 0) is 13.0 Å². The third-order valence-electron chi connectivity index (χ3n) is 5.47. The zero-order valence-corrected chi connectivity index (χ0v) is 18.8. The van der Waals surface area contributed by atoms with E-state index in [2.05, 4.69) is 38.2 Å². The van der Waals surface area contributed by atoms with E-state index in [1.807, 2.05) is 30.5 Å². The van der Waals surface area contributed by atoms with Gasteiger partial charge in [-0.1, -0.05) is 12.1 Å². The highest BCUT2D eigenvalue weighted by atomic mass is 32.1. The first-order valence-electron chi connectivity index (χ1n) is 10.8. The normalized spacial score (nSPS) is 13.2. The maximum atomic E-state index is 12.7. The topological polar surface area (TPSA) is 111 Å². The average molecular weight is 449 g/mol. The van der Waals surface area contributed by atoms with Gasteiger partial charge in [-0.05, 0) is 84.0 Å². The number of aryl methyl sites for hydroxylation is 1. The van der Waals surface area contributed by atoms with Gasteiger partial charge in [0.2, 0.25) is 0 Å². The molecule has 0 fully saturated rings. The lowest BCUT2D eigenvalue weighted by molar-refractivity contribution is 0.655. The molecule has 0 saturated carbocycles. The highest BCUT2D eigenvalue weighted by molar-refractivity contribution is 7.08. The molecule has 0 bridgehead atoms. The molecule has 1 aliphatic rings. The van der Waals surface area contributed by atoms with E-state index in [1.54, 1.807) is 15.9 Å². The lowest BCUT2D eigenvalue weighted by atomic mass is 10.0. The van der Waals surface area contributed by atoms with E-state index in [9.17, 15) is 4.79 Å². The molecule has 0 unspecified atom stereocenters. The van der Waals surface area contributed by atoms with Gasteiger partial charge < -0.3 is 16.8 Å². The number of hydrogen-bond acceptors (Lipinski definition) is 5. The van der Waals surface area contributed by atoms with Gasteiger partial charge in [-0.3, -0.25) is 9.56 Å². The van der Waals surface area contributed by atoms with Crippen LogP contribution in [0.3, 0.4) is 0 Å². The van der Waals surface area contributed by atoms with Crippen molar-refractivity contribution in [2.75, 3.05) is 13.1 Å². The molecule has 4 rings (SSSR count). The minimum Gasteiger partial charge on any atom is -0.370 e. The van der Waals surface area contributed by atoms with Crippen LogP contribution in [0.25, 0.3) is 17.3 Å². The molecule has 0 saturated heterocycles. The van der Waals surface area contributed by atoms with Crippen LogP contribution >= 0.6 is 11.3 Å². The van der Waals surface area contributed by atoms with Crippen molar-refractivity contribution in [1.82, 2.24) is 14.9 Å². The van der Waals surface area contributed by atoms with Gasteiger partial charge in [0.05, 0.1) is 11.4 Å². The van der Waals surface area contributed by atoms with Crippen molar-refractivity contribution >= 4 is 28.9 Å². The Morgan fingerprint density at radius 2 is 2.03 bits per heavy atom. The van der Waals surface area contributed by atoms with E-state index in [-0.39, 0.29) is 11.6 Å². The largest absolute Gasteiger partial charge is 0.370 e. The zero-order chi connectivity index (χ0) is 22.3. The van der Waals surface area contributed by atoms with Gasteiger partial charge in [0, 0.05) is 24.8 Å². The fraction of sp³-hybridized carbons (Fsp3) is 0.292. The average Bonchev–Trinajstić information content (AvgIpc) is 3.24. The van der Waals surface area contributed by atoms with Crippen molar-refractivity contribution in [2.24, 2.45) is 16.5 Å². The first kappa shape index (κ1) is 22.0. The summed E-state index contributed by atoms with van der Waals surface area (Å²) in [6, 6.07) is 10.1. The minimum absolute atomic E-state index is 0.126. The molecular weight excluding hydrogens is 420 g/mol. The molecule has 3 aromatic rings. The van der Waals surface area contributed by atoms with Crippen molar-refractivity contribution in [2.45, 2.75) is 32.2 Å². The Morgan fingerprint density at radius 3 is 2.78 bits per heavy atom. The number of nitrogens with zero attached hydrogens (tertiary/aromatic N) is 3. The number of benzene rings is 1. The van der Waals surface area contributed by atoms with Crippen molar-refractivity contribution in [1.29, 1.82) is 0 Å². The van der Waals surface area contributed by atoms with Crippen molar-refractivity contribution in [3.8, 4) is 5.69 Å². The summed E-state index contributed by atoms with van der Waals surface area (Å²) in [5.74, 6) is 0.126. The van der Waals surface area contributed by atoms with Gasteiger partial charge in [0.25, 0.3) is 0 Å². The molecule has 0 spiro atoms. The van der Waals surface area contributed by atoms with Crippen LogP contribution in [0.5, 0.6) is 0 Å². The van der Waals surface area contributed by atoms with Crippen LogP contribution < -0.4 is 22.5 Å². The van der Waals surface area contributed by atoms with E-state index < -0.39 is 0 Å². The summed E-state index contributed by atoms with van der Waals surface area (Å²) >= 11 is 1.70. The monoisotopic (exact) mass is 448 g/mol. The number of aliphatic imine (C=N–C) groups is 1. The van der Waals surface area contributed by atoms with E-state index in [0.29, 0.717) is 6.54 Å². The number of guanidine groups is 1. The number of hydrogen-bond donors (Lipinski definition) is 3. The molecule has 166 valence electrons. The van der Waals surface area contributed by atoms with Gasteiger partial charge in [0.15, 0.2) is 5.96 Å². The molecule has 0 aliphatic heterocycles. The standard InChI is InChI=1S/C24H28N6OS/c25-23(26)28-11-2-10-27-14-17-5-7-21(8-6-17)30-15-20-13-18(19-9-12-32-16-19)3-1-4-22(20)29-24(30)31/h5-9,12-13,15-16,27H,1-4,10-11,14H2,(H4,25,26,28). The van der Waals surface area contributed by atoms with E-state index in [0.717, 1.165) is 61.3 Å². The van der Waals surface area contributed by atoms with Gasteiger partial charge in [0.1, 0.15) is 0 Å². The van der Waals surface area contributed by atoms with Gasteiger partial charge in [-0.2, -0.15) is 16.3 Å². The summed E-state index contributed by atoms with van der Waals surface area (Å²) in [6.07, 6.45) is 7.80. The third kappa shape index (κ3) is 5.52. The lowest BCUT2D eigenvalue weighted by Gasteiger charge is -2.10. The predicted octanol–water partition coefficient (Wildman–Crippen LogP) is 2.92. The Bertz CT molecular complexity index is 1160. The number of fused-ring (bicyclic) bond motifs is 1. The van der Waals surface area contributed by atoms with Gasteiger partial charge >= 0.3 is 5.69 Å². The molecule has 0 radical (unpaired) electrons. The fourth-order valence-corrected chi connectivity index (χ4v) is 4.49. The SMILES string of the molecule is NC(N)=NCCCNCc1ccc(-n2cc3c(nc2=O)CCCC(c2ccsc2)=C3)cc1. The maximum Gasteiger partial charge on any atom is 0.352 e. The van der Waals surface area contributed by atoms with Crippen molar-refractivity contribution in [3.63, 3.8) is 0 Å². The molecule has 8 heteroatoms. The molecule has 0 amide bonds. The summed E-state index contributed by atoms with van der Waals surface area (Å²) < 4.78 is 1.64. The van der Waals surface area contributed by atoms with Crippen LogP contribution in [0.4, 0.5) is 0 Å². The Morgan fingerprint density at radius 1 is 1.19 bits per heavy atom. The number of nitrogens with two attached hydrogens (primary N) is 2. The quantitative estimate of drug-likeness (QED) is 0.279. The van der Waals surface area contributed by atoms with Crippen molar-refractivity contribution in [3.05, 3.63) is 80.2 Å². The van der Waals surface area contributed by atoms with E-state index >= 15 is 0 Å². The highest BCUT2D eigenvalue weighted by Gasteiger charge is 2.14. The third-order valence-corrected chi connectivity index (χ3v) is 6.15. The van der Waals surface area contributed by atoms with Crippen LogP contribution in [-0.4, -0.2) is 28.6 Å². The maximum absolute atomic E-state index is 12.7. The Labute approximate surface area is 191 Å². The first-order chi connectivity index (χ1) is 15.6. The minimum atomic E-state index is -0.235. The van der Waals surface area contributed by atoms with Crippen LogP contribution in [0, 0.1) is 0 Å². The lowest BCUT2D eigenvalue weighted by Crippen LogP contribution is -2.24. The summed E-state index contributed by atoms with van der Waals surface area (Å²) in [5, 5.41) is 7.65. The molecule has 1 aromatic carbocycles. The summed E-state index contributed by atoms with van der Waals surface area (Å²) in [7, 11) is 0. The molecule has 7 nitrogen and oxygen atoms in total. The number of allylic oxidation sites excluding steroid dienone is 1. The Kier molecular flexibility index (Phi) is 7.14. The Hall–Kier alpha value is -3.23. The van der Waals surface area contributed by atoms with Crippen LogP contribution in [0.1, 0.15) is 41.6 Å². The smallest absolute Gasteiger partial charge is 0.352 e. The Balaban J connectivity index is 1.48. The second-order valence-corrected chi connectivity index (χ2v) is 8.61. The molecule has 32 heavy (non-hydrogen) atoms. The second-order valence-electron chi connectivity index (χ2n) is 7.83. The van der Waals surface area contributed by atoms with Gasteiger partial charge in [-0.15, -0.1) is 0 Å². The fourth-order valence-electron chi connectivity index (χ4n) is 3.81. The van der Waals surface area contributed by atoms with Gasteiger partial charge in [-0.25, -0.2) is 4.79 Å². The van der Waals surface area contributed by atoms with Crippen LogP contribution in [0.15, 0.2) is 57.1 Å². The first-order valence-corrected chi connectivity index (χ1v) is 11.8. The number of aromatic nitrogens is 2.